The average molecular weight is 511 g/mol. The van der Waals surface area contributed by atoms with Gasteiger partial charge in [-0.15, -0.1) is 0 Å². The Morgan fingerprint density at radius 3 is 1.77 bits per heavy atom. The van der Waals surface area contributed by atoms with E-state index in [2.05, 4.69) is 109 Å². The second-order valence-electron chi connectivity index (χ2n) is 10.5. The number of rotatable bonds is 2. The largest absolute Gasteiger partial charge is 0.464 e. The predicted molar refractivity (Wildman–Crippen MR) is 167 cm³/mol. The van der Waals surface area contributed by atoms with Crippen molar-refractivity contribution in [3.8, 4) is 22.3 Å². The molecule has 9 rings (SSSR count). The monoisotopic (exact) mass is 510 g/mol. The van der Waals surface area contributed by atoms with Crippen molar-refractivity contribution in [1.82, 2.24) is 0 Å². The van der Waals surface area contributed by atoms with Crippen LogP contribution in [0.2, 0.25) is 0 Å². The van der Waals surface area contributed by atoms with Crippen molar-refractivity contribution in [3.63, 3.8) is 0 Å². The third-order valence-electron chi connectivity index (χ3n) is 8.30. The molecule has 0 N–H and O–H groups in total. The van der Waals surface area contributed by atoms with Gasteiger partial charge in [-0.2, -0.15) is 0 Å². The lowest BCUT2D eigenvalue weighted by Crippen LogP contribution is -1.92. The highest BCUT2D eigenvalue weighted by Crippen LogP contribution is 2.49. The Kier molecular flexibility index (Phi) is 4.36. The van der Waals surface area contributed by atoms with E-state index in [0.717, 1.165) is 38.5 Å². The van der Waals surface area contributed by atoms with Gasteiger partial charge in [-0.05, 0) is 67.7 Å². The van der Waals surface area contributed by atoms with Crippen LogP contribution in [0.25, 0.3) is 87.5 Å². The molecule has 0 unspecified atom stereocenters. The first kappa shape index (κ1) is 21.6. The molecule has 0 aliphatic rings. The molecule has 2 heteroatoms. The van der Waals surface area contributed by atoms with Gasteiger partial charge >= 0.3 is 0 Å². The van der Waals surface area contributed by atoms with E-state index in [0.29, 0.717) is 0 Å². The number of hydrogen-bond donors (Lipinski definition) is 0. The summed E-state index contributed by atoms with van der Waals surface area (Å²) in [6, 6.07) is 45.3. The van der Waals surface area contributed by atoms with E-state index in [1.165, 1.54) is 49.0 Å². The van der Waals surface area contributed by atoms with Gasteiger partial charge in [0.2, 0.25) is 0 Å². The summed E-state index contributed by atoms with van der Waals surface area (Å²) in [5.74, 6) is 0. The zero-order valence-corrected chi connectivity index (χ0v) is 21.5. The zero-order valence-electron chi connectivity index (χ0n) is 21.5. The molecule has 0 aliphatic carbocycles. The molecule has 0 atom stereocenters. The molecule has 0 saturated carbocycles. The van der Waals surface area contributed by atoms with Crippen LogP contribution in [0.15, 0.2) is 142 Å². The van der Waals surface area contributed by atoms with Crippen molar-refractivity contribution in [1.29, 1.82) is 0 Å². The Morgan fingerprint density at radius 1 is 0.400 bits per heavy atom. The summed E-state index contributed by atoms with van der Waals surface area (Å²) in [4.78, 5) is 0. The van der Waals surface area contributed by atoms with Crippen molar-refractivity contribution in [2.24, 2.45) is 0 Å². The summed E-state index contributed by atoms with van der Waals surface area (Å²) in [5, 5.41) is 10.5. The summed E-state index contributed by atoms with van der Waals surface area (Å²) < 4.78 is 12.7. The SMILES string of the molecule is c1ccc2cc(-c3c4ccccc4c(-c4c5occc5cc5oc6ccccc6c45)c4ccccc34)ccc2c1. The van der Waals surface area contributed by atoms with Crippen LogP contribution in [-0.2, 0) is 0 Å². The van der Waals surface area contributed by atoms with Crippen molar-refractivity contribution in [2.75, 3.05) is 0 Å². The second kappa shape index (κ2) is 8.08. The summed E-state index contributed by atoms with van der Waals surface area (Å²) in [5.41, 5.74) is 7.36. The van der Waals surface area contributed by atoms with E-state index in [1.807, 2.05) is 18.2 Å². The summed E-state index contributed by atoms with van der Waals surface area (Å²) >= 11 is 0. The molecule has 0 spiro atoms. The van der Waals surface area contributed by atoms with Gasteiger partial charge in [0.25, 0.3) is 0 Å². The molecule has 40 heavy (non-hydrogen) atoms. The van der Waals surface area contributed by atoms with E-state index in [9.17, 15) is 0 Å². The lowest BCUT2D eigenvalue weighted by molar-refractivity contribution is 0.617. The molecule has 0 amide bonds. The van der Waals surface area contributed by atoms with Gasteiger partial charge < -0.3 is 8.83 Å². The second-order valence-corrected chi connectivity index (χ2v) is 10.5. The van der Waals surface area contributed by atoms with Crippen molar-refractivity contribution in [3.05, 3.63) is 134 Å². The summed E-state index contributed by atoms with van der Waals surface area (Å²) in [7, 11) is 0. The maximum atomic E-state index is 6.41. The van der Waals surface area contributed by atoms with Gasteiger partial charge in [-0.3, -0.25) is 0 Å². The molecule has 0 radical (unpaired) electrons. The third kappa shape index (κ3) is 2.93. The van der Waals surface area contributed by atoms with Crippen molar-refractivity contribution in [2.45, 2.75) is 0 Å². The minimum absolute atomic E-state index is 0.872. The van der Waals surface area contributed by atoms with Crippen LogP contribution in [-0.4, -0.2) is 0 Å². The maximum absolute atomic E-state index is 6.41. The first-order valence-corrected chi connectivity index (χ1v) is 13.6. The van der Waals surface area contributed by atoms with E-state index in [1.54, 1.807) is 6.26 Å². The number of benzene rings is 7. The fraction of sp³-hybridized carbons (Fsp3) is 0. The van der Waals surface area contributed by atoms with Gasteiger partial charge in [0.05, 0.1) is 6.26 Å². The van der Waals surface area contributed by atoms with Crippen LogP contribution in [0, 0.1) is 0 Å². The highest BCUT2D eigenvalue weighted by atomic mass is 16.3. The molecule has 2 nitrogen and oxygen atoms in total. The number of fused-ring (bicyclic) bond motifs is 7. The molecule has 0 saturated heterocycles. The Morgan fingerprint density at radius 2 is 1.02 bits per heavy atom. The lowest BCUT2D eigenvalue weighted by Gasteiger charge is -2.18. The van der Waals surface area contributed by atoms with Crippen LogP contribution in [0.5, 0.6) is 0 Å². The van der Waals surface area contributed by atoms with Crippen LogP contribution in [0.3, 0.4) is 0 Å². The smallest absolute Gasteiger partial charge is 0.142 e. The van der Waals surface area contributed by atoms with Crippen LogP contribution >= 0.6 is 0 Å². The van der Waals surface area contributed by atoms with E-state index >= 15 is 0 Å². The quantitative estimate of drug-likeness (QED) is 0.216. The fourth-order valence-corrected chi connectivity index (χ4v) is 6.61. The topological polar surface area (TPSA) is 26.3 Å². The fourth-order valence-electron chi connectivity index (χ4n) is 6.61. The molecule has 2 aromatic heterocycles. The highest BCUT2D eigenvalue weighted by Gasteiger charge is 2.23. The van der Waals surface area contributed by atoms with Gasteiger partial charge in [-0.1, -0.05) is 103 Å². The normalized spacial score (nSPS) is 12.0. The van der Waals surface area contributed by atoms with E-state index < -0.39 is 0 Å². The van der Waals surface area contributed by atoms with Crippen molar-refractivity contribution < 1.29 is 8.83 Å². The highest BCUT2D eigenvalue weighted by molar-refractivity contribution is 6.29. The summed E-state index contributed by atoms with van der Waals surface area (Å²) in [6.45, 7) is 0. The first-order valence-electron chi connectivity index (χ1n) is 13.6. The third-order valence-corrected chi connectivity index (χ3v) is 8.30. The molecule has 2 heterocycles. The van der Waals surface area contributed by atoms with Crippen molar-refractivity contribution >= 4 is 65.2 Å². The van der Waals surface area contributed by atoms with Gasteiger partial charge in [0.15, 0.2) is 0 Å². The molecular weight excluding hydrogens is 488 g/mol. The van der Waals surface area contributed by atoms with Crippen LogP contribution in [0.1, 0.15) is 0 Å². The van der Waals surface area contributed by atoms with Gasteiger partial charge in [-0.25, -0.2) is 0 Å². The zero-order chi connectivity index (χ0) is 26.2. The first-order chi connectivity index (χ1) is 19.8. The number of para-hydroxylation sites is 1. The van der Waals surface area contributed by atoms with Crippen LogP contribution < -0.4 is 0 Å². The Hall–Kier alpha value is -5.34. The minimum atomic E-state index is 0.872. The molecule has 9 aromatic rings. The maximum Gasteiger partial charge on any atom is 0.142 e. The molecular formula is C38H22O2. The molecule has 186 valence electrons. The Labute approximate surface area is 229 Å². The van der Waals surface area contributed by atoms with Gasteiger partial charge in [0.1, 0.15) is 16.7 Å². The number of hydrogen-bond acceptors (Lipinski definition) is 2. The molecule has 0 fully saturated rings. The molecule has 0 bridgehead atoms. The molecule has 7 aromatic carbocycles. The van der Waals surface area contributed by atoms with E-state index in [-0.39, 0.29) is 0 Å². The molecule has 0 aliphatic heterocycles. The Balaban J connectivity index is 1.50. The standard InChI is InChI=1S/C38H22O2/c1-2-10-24-21-25(18-17-23(24)9-1)34-27-11-3-5-13-29(27)35(30-14-6-4-12-28(30)34)37-36-31-15-7-8-16-32(31)40-33(36)22-26-19-20-39-38(26)37/h1-22H. The lowest BCUT2D eigenvalue weighted by atomic mass is 9.84. The van der Waals surface area contributed by atoms with Gasteiger partial charge in [0, 0.05) is 27.3 Å². The Bertz CT molecular complexity index is 2380. The van der Waals surface area contributed by atoms with Crippen LogP contribution in [0.4, 0.5) is 0 Å². The minimum Gasteiger partial charge on any atom is -0.464 e. The van der Waals surface area contributed by atoms with E-state index in [4.69, 9.17) is 8.83 Å². The number of furan rings is 2. The summed E-state index contributed by atoms with van der Waals surface area (Å²) in [6.07, 6.45) is 1.78. The average Bonchev–Trinajstić information content (AvgIpc) is 3.63. The predicted octanol–water partition coefficient (Wildman–Crippen LogP) is 11.1.